The molecule has 1 atom stereocenters. The summed E-state index contributed by atoms with van der Waals surface area (Å²) in [7, 11) is 0. The number of amides is 1. The monoisotopic (exact) mass is 361 g/mol. The average Bonchev–Trinajstić information content (AvgIpc) is 2.60. The van der Waals surface area contributed by atoms with Crippen molar-refractivity contribution >= 4 is 24.0 Å². The van der Waals surface area contributed by atoms with Gasteiger partial charge >= 0.3 is 0 Å². The lowest BCUT2D eigenvalue weighted by Crippen LogP contribution is -2.51. The normalized spacial score (nSPS) is 17.4. The van der Waals surface area contributed by atoms with Gasteiger partial charge in [-0.15, -0.1) is 12.4 Å². The first-order valence-corrected chi connectivity index (χ1v) is 8.28. The highest BCUT2D eigenvalue weighted by Crippen LogP contribution is 2.22. The van der Waals surface area contributed by atoms with Crippen molar-refractivity contribution < 1.29 is 9.53 Å². The molecule has 1 amide bonds. The van der Waals surface area contributed by atoms with E-state index < -0.39 is 0 Å². The smallest absolute Gasteiger partial charge is 0.238 e. The van der Waals surface area contributed by atoms with Gasteiger partial charge in [0.25, 0.3) is 0 Å². The van der Waals surface area contributed by atoms with E-state index in [1.165, 1.54) is 0 Å². The van der Waals surface area contributed by atoms with E-state index >= 15 is 0 Å². The Labute approximate surface area is 154 Å². The third-order valence-electron chi connectivity index (χ3n) is 4.10. The minimum absolute atomic E-state index is 0. The minimum Gasteiger partial charge on any atom is -0.457 e. The Morgan fingerprint density at radius 2 is 1.84 bits per heavy atom. The number of anilines is 1. The van der Waals surface area contributed by atoms with E-state index in [0.717, 1.165) is 36.8 Å². The first kappa shape index (κ1) is 19.2. The predicted octanol–water partition coefficient (Wildman–Crippen LogP) is 3.13. The molecule has 0 saturated carbocycles. The molecule has 0 spiro atoms. The molecule has 1 aliphatic heterocycles. The first-order valence-electron chi connectivity index (χ1n) is 8.28. The highest BCUT2D eigenvalue weighted by atomic mass is 35.5. The van der Waals surface area contributed by atoms with Crippen molar-refractivity contribution in [1.82, 2.24) is 10.2 Å². The number of hydrogen-bond acceptors (Lipinski definition) is 4. The highest BCUT2D eigenvalue weighted by Gasteiger charge is 2.20. The molecule has 5 nitrogen and oxygen atoms in total. The van der Waals surface area contributed by atoms with Gasteiger partial charge < -0.3 is 15.4 Å². The standard InChI is InChI=1S/C19H23N3O2.ClH/c1-15-13-20-11-12-22(15)14-19(23)21-16-7-9-18(10-8-16)24-17-5-3-2-4-6-17;/h2-10,15,20H,11-14H2,1H3,(H,21,23);1H/t15-;/m1./s1. The molecule has 6 heteroatoms. The van der Waals surface area contributed by atoms with Crippen molar-refractivity contribution in [3.05, 3.63) is 54.6 Å². The lowest BCUT2D eigenvalue weighted by molar-refractivity contribution is -0.118. The van der Waals surface area contributed by atoms with Gasteiger partial charge in [-0.05, 0) is 43.3 Å². The number of benzene rings is 2. The maximum Gasteiger partial charge on any atom is 0.238 e. The summed E-state index contributed by atoms with van der Waals surface area (Å²) < 4.78 is 5.75. The quantitative estimate of drug-likeness (QED) is 0.859. The molecule has 1 aliphatic rings. The van der Waals surface area contributed by atoms with Crippen molar-refractivity contribution in [2.24, 2.45) is 0 Å². The number of ether oxygens (including phenoxy) is 1. The summed E-state index contributed by atoms with van der Waals surface area (Å²) in [5, 5.41) is 6.27. The number of piperazine rings is 1. The molecule has 0 aliphatic carbocycles. The summed E-state index contributed by atoms with van der Waals surface area (Å²) >= 11 is 0. The van der Waals surface area contributed by atoms with Crippen LogP contribution in [0.3, 0.4) is 0 Å². The van der Waals surface area contributed by atoms with E-state index in [0.29, 0.717) is 12.6 Å². The molecule has 1 saturated heterocycles. The van der Waals surface area contributed by atoms with Crippen LogP contribution in [0.1, 0.15) is 6.92 Å². The topological polar surface area (TPSA) is 53.6 Å². The van der Waals surface area contributed by atoms with E-state index in [9.17, 15) is 4.79 Å². The molecule has 25 heavy (non-hydrogen) atoms. The molecule has 2 aromatic carbocycles. The van der Waals surface area contributed by atoms with Gasteiger partial charge in [-0.3, -0.25) is 9.69 Å². The van der Waals surface area contributed by atoms with Crippen LogP contribution in [-0.2, 0) is 4.79 Å². The zero-order valence-electron chi connectivity index (χ0n) is 14.3. The third kappa shape index (κ3) is 5.74. The number of rotatable bonds is 5. The number of carbonyl (C=O) groups is 1. The van der Waals surface area contributed by atoms with Crippen LogP contribution in [0.15, 0.2) is 54.6 Å². The molecule has 134 valence electrons. The molecular weight excluding hydrogens is 338 g/mol. The Bertz CT molecular complexity index is 664. The number of carbonyl (C=O) groups excluding carboxylic acids is 1. The maximum absolute atomic E-state index is 12.2. The number of nitrogens with one attached hydrogen (secondary N) is 2. The summed E-state index contributed by atoms with van der Waals surface area (Å²) in [6.07, 6.45) is 0. The predicted molar refractivity (Wildman–Crippen MR) is 103 cm³/mol. The fraction of sp³-hybridized carbons (Fsp3) is 0.316. The van der Waals surface area contributed by atoms with Crippen LogP contribution >= 0.6 is 12.4 Å². The molecule has 0 radical (unpaired) electrons. The fourth-order valence-electron chi connectivity index (χ4n) is 2.73. The zero-order chi connectivity index (χ0) is 16.8. The van der Waals surface area contributed by atoms with Crippen molar-refractivity contribution in [3.63, 3.8) is 0 Å². The SMILES string of the molecule is C[C@@H]1CNCCN1CC(=O)Nc1ccc(Oc2ccccc2)cc1.Cl. The van der Waals surface area contributed by atoms with E-state index in [-0.39, 0.29) is 18.3 Å². The Kier molecular flexibility index (Phi) is 7.25. The van der Waals surface area contributed by atoms with E-state index in [4.69, 9.17) is 4.74 Å². The van der Waals surface area contributed by atoms with Crippen LogP contribution in [0.25, 0.3) is 0 Å². The van der Waals surface area contributed by atoms with Gasteiger partial charge in [-0.2, -0.15) is 0 Å². The van der Waals surface area contributed by atoms with Crippen molar-refractivity contribution in [3.8, 4) is 11.5 Å². The summed E-state index contributed by atoms with van der Waals surface area (Å²) in [5.41, 5.74) is 0.781. The van der Waals surface area contributed by atoms with Crippen LogP contribution in [-0.4, -0.2) is 43.0 Å². The Balaban J connectivity index is 0.00000225. The largest absolute Gasteiger partial charge is 0.457 e. The molecule has 2 N–H and O–H groups in total. The molecule has 3 rings (SSSR count). The van der Waals surface area contributed by atoms with Crippen LogP contribution in [0.5, 0.6) is 11.5 Å². The summed E-state index contributed by atoms with van der Waals surface area (Å²) in [6, 6.07) is 17.4. The molecule has 0 aromatic heterocycles. The Morgan fingerprint density at radius 3 is 2.52 bits per heavy atom. The highest BCUT2D eigenvalue weighted by molar-refractivity contribution is 5.92. The fourth-order valence-corrected chi connectivity index (χ4v) is 2.73. The van der Waals surface area contributed by atoms with Crippen LogP contribution in [0, 0.1) is 0 Å². The molecule has 0 bridgehead atoms. The second-order valence-electron chi connectivity index (χ2n) is 6.01. The van der Waals surface area contributed by atoms with E-state index in [2.05, 4.69) is 22.5 Å². The number of para-hydroxylation sites is 1. The van der Waals surface area contributed by atoms with E-state index in [1.54, 1.807) is 0 Å². The minimum atomic E-state index is 0. The average molecular weight is 362 g/mol. The van der Waals surface area contributed by atoms with Gasteiger partial charge in [-0.25, -0.2) is 0 Å². The lowest BCUT2D eigenvalue weighted by atomic mass is 10.2. The summed E-state index contributed by atoms with van der Waals surface area (Å²) in [5.74, 6) is 1.55. The van der Waals surface area contributed by atoms with Gasteiger partial charge in [0, 0.05) is 31.4 Å². The second kappa shape index (κ2) is 9.42. The van der Waals surface area contributed by atoms with Gasteiger partial charge in [0.05, 0.1) is 6.54 Å². The van der Waals surface area contributed by atoms with Gasteiger partial charge in [0.15, 0.2) is 0 Å². The van der Waals surface area contributed by atoms with Crippen LogP contribution in [0.4, 0.5) is 5.69 Å². The Morgan fingerprint density at radius 1 is 1.16 bits per heavy atom. The van der Waals surface area contributed by atoms with Gasteiger partial charge in [0.1, 0.15) is 11.5 Å². The maximum atomic E-state index is 12.2. The number of halogens is 1. The van der Waals surface area contributed by atoms with Crippen molar-refractivity contribution in [2.75, 3.05) is 31.5 Å². The zero-order valence-corrected chi connectivity index (χ0v) is 15.1. The van der Waals surface area contributed by atoms with Gasteiger partial charge in [-0.1, -0.05) is 18.2 Å². The van der Waals surface area contributed by atoms with Crippen molar-refractivity contribution in [1.29, 1.82) is 0 Å². The first-order chi connectivity index (χ1) is 11.7. The molecule has 1 fully saturated rings. The Hall–Kier alpha value is -2.08. The summed E-state index contributed by atoms with van der Waals surface area (Å²) in [4.78, 5) is 14.4. The van der Waals surface area contributed by atoms with Crippen molar-refractivity contribution in [2.45, 2.75) is 13.0 Å². The number of hydrogen-bond donors (Lipinski definition) is 2. The molecule has 0 unspecified atom stereocenters. The van der Waals surface area contributed by atoms with Gasteiger partial charge in [0.2, 0.25) is 5.91 Å². The van der Waals surface area contributed by atoms with Crippen LogP contribution < -0.4 is 15.4 Å². The molecule has 2 aromatic rings. The van der Waals surface area contributed by atoms with E-state index in [1.807, 2.05) is 54.6 Å². The molecular formula is C19H24ClN3O2. The summed E-state index contributed by atoms with van der Waals surface area (Å²) in [6.45, 7) is 5.32. The lowest BCUT2D eigenvalue weighted by Gasteiger charge is -2.33. The molecule has 1 heterocycles. The van der Waals surface area contributed by atoms with Crippen LogP contribution in [0.2, 0.25) is 0 Å². The number of nitrogens with zero attached hydrogens (tertiary/aromatic N) is 1. The third-order valence-corrected chi connectivity index (χ3v) is 4.10. The second-order valence-corrected chi connectivity index (χ2v) is 6.01.